The molecule has 0 radical (unpaired) electrons. The zero-order valence-corrected chi connectivity index (χ0v) is 23.2. The van der Waals surface area contributed by atoms with Crippen molar-refractivity contribution < 1.29 is 13.2 Å². The van der Waals surface area contributed by atoms with Crippen LogP contribution < -0.4 is 5.69 Å². The molecule has 1 aliphatic heterocycles. The predicted molar refractivity (Wildman–Crippen MR) is 162 cm³/mol. The second-order valence-corrected chi connectivity index (χ2v) is 11.0. The monoisotopic (exact) mass is 579 g/mol. The molecule has 6 nitrogen and oxygen atoms in total. The van der Waals surface area contributed by atoms with Crippen molar-refractivity contribution in [2.24, 2.45) is 0 Å². The maximum absolute atomic E-state index is 13.4. The standard InChI is InChI=1S/C34H28F3N5O/c35-34(36,37)25-14-15-27-29(20-25)39-32(31(38-27)23-6-2-1-3-7-23)24-12-10-22(11-13-24)21-41-18-16-26(17-19-41)42-30-9-5-4-8-28(30)40-33(42)43/h1-15,20,26H,16-19,21H2,(H,40,43). The van der Waals surface area contributed by atoms with Gasteiger partial charge in [-0.1, -0.05) is 66.7 Å². The van der Waals surface area contributed by atoms with Crippen LogP contribution in [0, 0.1) is 0 Å². The largest absolute Gasteiger partial charge is 0.416 e. The third-order valence-electron chi connectivity index (χ3n) is 8.22. The number of imidazole rings is 1. The highest BCUT2D eigenvalue weighted by Gasteiger charge is 2.31. The summed E-state index contributed by atoms with van der Waals surface area (Å²) in [6.07, 6.45) is -2.70. The molecule has 1 aliphatic rings. The molecule has 0 bridgehead atoms. The van der Waals surface area contributed by atoms with Crippen LogP contribution in [0.2, 0.25) is 0 Å². The highest BCUT2D eigenvalue weighted by atomic mass is 19.4. The van der Waals surface area contributed by atoms with Gasteiger partial charge in [0.05, 0.1) is 39.0 Å². The summed E-state index contributed by atoms with van der Waals surface area (Å²) < 4.78 is 42.2. The van der Waals surface area contributed by atoms with Crippen LogP contribution in [0.25, 0.3) is 44.6 Å². The summed E-state index contributed by atoms with van der Waals surface area (Å²) in [6.45, 7) is 2.50. The molecule has 3 heterocycles. The number of H-pyrrole nitrogens is 1. The Labute approximate surface area is 245 Å². The van der Waals surface area contributed by atoms with Crippen LogP contribution in [0.5, 0.6) is 0 Å². The highest BCUT2D eigenvalue weighted by Crippen LogP contribution is 2.35. The van der Waals surface area contributed by atoms with Crippen LogP contribution in [-0.4, -0.2) is 37.5 Å². The number of hydrogen-bond acceptors (Lipinski definition) is 4. The fraction of sp³-hybridized carbons (Fsp3) is 0.206. The van der Waals surface area contributed by atoms with E-state index in [1.807, 2.05) is 83.4 Å². The Hall–Kier alpha value is -4.76. The third kappa shape index (κ3) is 5.32. The molecule has 9 heteroatoms. The van der Waals surface area contributed by atoms with E-state index in [-0.39, 0.29) is 17.2 Å². The lowest BCUT2D eigenvalue weighted by Gasteiger charge is -2.32. The number of aromatic nitrogens is 4. The number of nitrogens with one attached hydrogen (secondary N) is 1. The van der Waals surface area contributed by atoms with E-state index in [2.05, 4.69) is 9.88 Å². The first kappa shape index (κ1) is 27.1. The molecule has 0 aliphatic carbocycles. The number of nitrogens with zero attached hydrogens (tertiary/aromatic N) is 4. The first-order chi connectivity index (χ1) is 20.8. The lowest BCUT2D eigenvalue weighted by molar-refractivity contribution is -0.137. The van der Waals surface area contributed by atoms with E-state index in [1.165, 1.54) is 6.07 Å². The van der Waals surface area contributed by atoms with Gasteiger partial charge in [-0.25, -0.2) is 14.8 Å². The Morgan fingerprint density at radius 1 is 0.767 bits per heavy atom. The van der Waals surface area contributed by atoms with Crippen molar-refractivity contribution in [3.8, 4) is 22.5 Å². The van der Waals surface area contributed by atoms with Gasteiger partial charge in [-0.3, -0.25) is 9.47 Å². The van der Waals surface area contributed by atoms with E-state index in [0.29, 0.717) is 16.9 Å². The zero-order chi connectivity index (χ0) is 29.6. The molecular formula is C34H28F3N5O. The smallest absolute Gasteiger partial charge is 0.306 e. The first-order valence-electron chi connectivity index (χ1n) is 14.3. The molecule has 43 heavy (non-hydrogen) atoms. The molecule has 0 amide bonds. The van der Waals surface area contributed by atoms with Gasteiger partial charge in [-0.2, -0.15) is 13.2 Å². The van der Waals surface area contributed by atoms with Crippen LogP contribution >= 0.6 is 0 Å². The van der Waals surface area contributed by atoms with Crippen molar-refractivity contribution in [1.82, 2.24) is 24.4 Å². The number of alkyl halides is 3. The lowest BCUT2D eigenvalue weighted by atomic mass is 10.0. The van der Waals surface area contributed by atoms with Gasteiger partial charge in [-0.05, 0) is 48.7 Å². The Bertz CT molecular complexity index is 1970. The molecule has 216 valence electrons. The molecule has 2 aromatic heterocycles. The van der Waals surface area contributed by atoms with Gasteiger partial charge in [0.1, 0.15) is 0 Å². The maximum Gasteiger partial charge on any atom is 0.416 e. The van der Waals surface area contributed by atoms with Gasteiger partial charge < -0.3 is 4.98 Å². The summed E-state index contributed by atoms with van der Waals surface area (Å²) in [7, 11) is 0. The fourth-order valence-electron chi connectivity index (χ4n) is 6.03. The number of benzene rings is 4. The lowest BCUT2D eigenvalue weighted by Crippen LogP contribution is -2.36. The van der Waals surface area contributed by atoms with Crippen LogP contribution in [0.1, 0.15) is 30.0 Å². The molecule has 0 spiro atoms. The van der Waals surface area contributed by atoms with Crippen molar-refractivity contribution in [3.05, 3.63) is 119 Å². The first-order valence-corrected chi connectivity index (χ1v) is 14.3. The number of rotatable bonds is 5. The second kappa shape index (κ2) is 10.8. The van der Waals surface area contributed by atoms with Gasteiger partial charge in [-0.15, -0.1) is 0 Å². The molecule has 0 unspecified atom stereocenters. The van der Waals surface area contributed by atoms with Gasteiger partial charge in [0, 0.05) is 36.8 Å². The topological polar surface area (TPSA) is 66.8 Å². The molecule has 1 fully saturated rings. The second-order valence-electron chi connectivity index (χ2n) is 11.0. The zero-order valence-electron chi connectivity index (χ0n) is 23.2. The number of aromatic amines is 1. The Morgan fingerprint density at radius 3 is 2.14 bits per heavy atom. The number of likely N-dealkylation sites (tertiary alicyclic amines) is 1. The molecule has 6 aromatic rings. The molecule has 1 saturated heterocycles. The molecular weight excluding hydrogens is 551 g/mol. The van der Waals surface area contributed by atoms with Crippen LogP contribution in [0.4, 0.5) is 13.2 Å². The van der Waals surface area contributed by atoms with Crippen molar-refractivity contribution in [2.45, 2.75) is 31.6 Å². The molecule has 0 saturated carbocycles. The summed E-state index contributed by atoms with van der Waals surface area (Å²) in [5.41, 5.74) is 5.52. The number of fused-ring (bicyclic) bond motifs is 2. The van der Waals surface area contributed by atoms with Gasteiger partial charge in [0.15, 0.2) is 0 Å². The summed E-state index contributed by atoms with van der Waals surface area (Å²) >= 11 is 0. The number of halogens is 3. The van der Waals surface area contributed by atoms with Gasteiger partial charge >= 0.3 is 11.9 Å². The van der Waals surface area contributed by atoms with Crippen molar-refractivity contribution in [3.63, 3.8) is 0 Å². The van der Waals surface area contributed by atoms with E-state index < -0.39 is 11.7 Å². The minimum atomic E-state index is -4.46. The minimum absolute atomic E-state index is 0.0588. The minimum Gasteiger partial charge on any atom is -0.306 e. The fourth-order valence-corrected chi connectivity index (χ4v) is 6.03. The quantitative estimate of drug-likeness (QED) is 0.230. The van der Waals surface area contributed by atoms with E-state index in [9.17, 15) is 18.0 Å². The van der Waals surface area contributed by atoms with Crippen LogP contribution in [-0.2, 0) is 12.7 Å². The molecule has 7 rings (SSSR count). The third-order valence-corrected chi connectivity index (χ3v) is 8.22. The van der Waals surface area contributed by atoms with Crippen molar-refractivity contribution in [1.29, 1.82) is 0 Å². The number of piperidine rings is 1. The van der Waals surface area contributed by atoms with E-state index >= 15 is 0 Å². The van der Waals surface area contributed by atoms with Crippen molar-refractivity contribution >= 4 is 22.1 Å². The predicted octanol–water partition coefficient (Wildman–Crippen LogP) is 7.46. The van der Waals surface area contributed by atoms with E-state index in [1.54, 1.807) is 0 Å². The molecule has 4 aromatic carbocycles. The van der Waals surface area contributed by atoms with Crippen LogP contribution in [0.3, 0.4) is 0 Å². The summed E-state index contributed by atoms with van der Waals surface area (Å²) in [5, 5.41) is 0. The Balaban J connectivity index is 1.13. The van der Waals surface area contributed by atoms with E-state index in [0.717, 1.165) is 72.3 Å². The van der Waals surface area contributed by atoms with Crippen LogP contribution in [0.15, 0.2) is 102 Å². The SMILES string of the molecule is O=c1[nH]c2ccccc2n1C1CCN(Cc2ccc(-c3nc4cc(C(F)(F)F)ccc4nc3-c3ccccc3)cc2)CC1. The average molecular weight is 580 g/mol. The van der Waals surface area contributed by atoms with Gasteiger partial charge in [0.25, 0.3) is 0 Å². The van der Waals surface area contributed by atoms with E-state index in [4.69, 9.17) is 9.97 Å². The highest BCUT2D eigenvalue weighted by molar-refractivity contribution is 5.86. The normalized spacial score (nSPS) is 15.0. The Morgan fingerprint density at radius 2 is 1.42 bits per heavy atom. The average Bonchev–Trinajstić information content (AvgIpc) is 3.36. The Kier molecular flexibility index (Phi) is 6.82. The summed E-state index contributed by atoms with van der Waals surface area (Å²) in [4.78, 5) is 27.4. The van der Waals surface area contributed by atoms with Crippen molar-refractivity contribution in [2.75, 3.05) is 13.1 Å². The molecule has 1 N–H and O–H groups in total. The molecule has 0 atom stereocenters. The number of para-hydroxylation sites is 2. The number of hydrogen-bond donors (Lipinski definition) is 1. The maximum atomic E-state index is 13.4. The van der Waals surface area contributed by atoms with Gasteiger partial charge in [0.2, 0.25) is 0 Å². The summed E-state index contributed by atoms with van der Waals surface area (Å²) in [5.74, 6) is 0. The summed E-state index contributed by atoms with van der Waals surface area (Å²) in [6, 6.07) is 29.0.